The lowest BCUT2D eigenvalue weighted by atomic mass is 10.1. The Hall–Kier alpha value is -2.37. The molecule has 6 heteroatoms. The van der Waals surface area contributed by atoms with Gasteiger partial charge in [-0.1, -0.05) is 0 Å². The molecule has 22 heavy (non-hydrogen) atoms. The Balaban J connectivity index is 1.84. The first-order valence-electron chi connectivity index (χ1n) is 7.30. The van der Waals surface area contributed by atoms with Gasteiger partial charge in [0.05, 0.1) is 0 Å². The molecule has 1 saturated heterocycles. The number of benzene rings is 1. The molecule has 0 unspecified atom stereocenters. The number of nitrogens with zero attached hydrogens (tertiary/aromatic N) is 2. The predicted octanol–water partition coefficient (Wildman–Crippen LogP) is 1.92. The number of carbonyl (C=O) groups excluding carboxylic acids is 2. The summed E-state index contributed by atoms with van der Waals surface area (Å²) in [6.07, 6.45) is 0. The lowest BCUT2D eigenvalue weighted by molar-refractivity contribution is -0.130. The van der Waals surface area contributed by atoms with Crippen LogP contribution in [0.2, 0.25) is 0 Å². The van der Waals surface area contributed by atoms with Gasteiger partial charge in [-0.3, -0.25) is 9.59 Å². The summed E-state index contributed by atoms with van der Waals surface area (Å²) < 4.78 is 13.3. The van der Waals surface area contributed by atoms with Crippen molar-refractivity contribution < 1.29 is 14.0 Å². The second-order valence-corrected chi connectivity index (χ2v) is 5.61. The number of aryl methyl sites for hydroxylation is 1. The van der Waals surface area contributed by atoms with Gasteiger partial charge in [0.25, 0.3) is 5.91 Å². The highest BCUT2D eigenvalue weighted by Gasteiger charge is 2.25. The number of aromatic amines is 1. The molecule has 1 fully saturated rings. The highest BCUT2D eigenvalue weighted by atomic mass is 19.1. The van der Waals surface area contributed by atoms with Crippen molar-refractivity contribution in [3.8, 4) is 0 Å². The average Bonchev–Trinajstić information content (AvgIpc) is 2.83. The zero-order valence-electron chi connectivity index (χ0n) is 12.6. The lowest BCUT2D eigenvalue weighted by Crippen LogP contribution is -2.50. The molecule has 0 atom stereocenters. The van der Waals surface area contributed by atoms with E-state index in [2.05, 4.69) is 4.98 Å². The van der Waals surface area contributed by atoms with Gasteiger partial charge in [0.2, 0.25) is 5.91 Å². The highest BCUT2D eigenvalue weighted by Crippen LogP contribution is 2.23. The second kappa shape index (κ2) is 5.44. The number of rotatable bonds is 1. The molecule has 116 valence electrons. The van der Waals surface area contributed by atoms with Gasteiger partial charge in [-0.05, 0) is 30.7 Å². The number of carbonyl (C=O) groups is 2. The normalized spacial score (nSPS) is 15.4. The molecule has 5 nitrogen and oxygen atoms in total. The third kappa shape index (κ3) is 2.45. The average molecular weight is 303 g/mol. The predicted molar refractivity (Wildman–Crippen MR) is 81.2 cm³/mol. The van der Waals surface area contributed by atoms with E-state index in [0.29, 0.717) is 37.4 Å². The fraction of sp³-hybridized carbons (Fsp3) is 0.375. The molecule has 2 amide bonds. The van der Waals surface area contributed by atoms with Crippen molar-refractivity contribution >= 4 is 22.7 Å². The van der Waals surface area contributed by atoms with Crippen molar-refractivity contribution in [3.63, 3.8) is 0 Å². The topological polar surface area (TPSA) is 56.4 Å². The molecule has 0 saturated carbocycles. The Labute approximate surface area is 127 Å². The first-order valence-corrected chi connectivity index (χ1v) is 7.30. The molecule has 3 rings (SSSR count). The van der Waals surface area contributed by atoms with Gasteiger partial charge in [0.1, 0.15) is 11.5 Å². The van der Waals surface area contributed by atoms with E-state index in [1.807, 2.05) is 6.92 Å². The number of hydrogen-bond acceptors (Lipinski definition) is 2. The minimum absolute atomic E-state index is 0.0318. The molecule has 1 aliphatic rings. The highest BCUT2D eigenvalue weighted by molar-refractivity contribution is 6.01. The number of amides is 2. The fourth-order valence-corrected chi connectivity index (χ4v) is 2.91. The minimum atomic E-state index is -0.331. The molecule has 0 spiro atoms. The summed E-state index contributed by atoms with van der Waals surface area (Å²) in [7, 11) is 0. The van der Waals surface area contributed by atoms with Crippen molar-refractivity contribution in [2.45, 2.75) is 13.8 Å². The van der Waals surface area contributed by atoms with Crippen molar-refractivity contribution in [1.29, 1.82) is 0 Å². The van der Waals surface area contributed by atoms with E-state index in [4.69, 9.17) is 0 Å². The summed E-state index contributed by atoms with van der Waals surface area (Å²) in [6, 6.07) is 4.47. The SMILES string of the molecule is CC(=O)N1CCN(C(=O)c2[nH]c3cc(F)ccc3c2C)CC1. The fourth-order valence-electron chi connectivity index (χ4n) is 2.91. The van der Waals surface area contributed by atoms with Gasteiger partial charge < -0.3 is 14.8 Å². The molecular formula is C16H18FN3O2. The zero-order chi connectivity index (χ0) is 15.9. The van der Waals surface area contributed by atoms with E-state index in [-0.39, 0.29) is 17.6 Å². The van der Waals surface area contributed by atoms with Crippen LogP contribution in [0.5, 0.6) is 0 Å². The van der Waals surface area contributed by atoms with Gasteiger partial charge in [-0.25, -0.2) is 4.39 Å². The smallest absolute Gasteiger partial charge is 0.270 e. The Morgan fingerprint density at radius 1 is 1.14 bits per heavy atom. The molecule has 1 N–H and O–H groups in total. The van der Waals surface area contributed by atoms with E-state index in [1.54, 1.807) is 15.9 Å². The van der Waals surface area contributed by atoms with Crippen LogP contribution in [-0.4, -0.2) is 52.8 Å². The van der Waals surface area contributed by atoms with E-state index in [1.165, 1.54) is 19.1 Å². The Bertz CT molecular complexity index is 745. The van der Waals surface area contributed by atoms with Crippen LogP contribution in [-0.2, 0) is 4.79 Å². The minimum Gasteiger partial charge on any atom is -0.350 e. The molecule has 2 aromatic rings. The molecule has 1 aromatic heterocycles. The zero-order valence-corrected chi connectivity index (χ0v) is 12.6. The summed E-state index contributed by atoms with van der Waals surface area (Å²) >= 11 is 0. The van der Waals surface area contributed by atoms with Crippen LogP contribution < -0.4 is 0 Å². The van der Waals surface area contributed by atoms with E-state index < -0.39 is 0 Å². The third-order valence-corrected chi connectivity index (χ3v) is 4.25. The summed E-state index contributed by atoms with van der Waals surface area (Å²) in [5, 5.41) is 0.854. The van der Waals surface area contributed by atoms with Crippen molar-refractivity contribution in [2.75, 3.05) is 26.2 Å². The third-order valence-electron chi connectivity index (χ3n) is 4.25. The van der Waals surface area contributed by atoms with Crippen LogP contribution in [0.4, 0.5) is 4.39 Å². The van der Waals surface area contributed by atoms with Gasteiger partial charge in [0, 0.05) is 44.0 Å². The lowest BCUT2D eigenvalue weighted by Gasteiger charge is -2.34. The number of hydrogen-bond donors (Lipinski definition) is 1. The molecule has 1 aromatic carbocycles. The van der Waals surface area contributed by atoms with Crippen molar-refractivity contribution in [2.24, 2.45) is 0 Å². The number of fused-ring (bicyclic) bond motifs is 1. The summed E-state index contributed by atoms with van der Waals surface area (Å²) in [5.41, 5.74) is 1.95. The van der Waals surface area contributed by atoms with Crippen molar-refractivity contribution in [1.82, 2.24) is 14.8 Å². The first kappa shape index (κ1) is 14.6. The number of piperazine rings is 1. The van der Waals surface area contributed by atoms with Crippen LogP contribution in [0.25, 0.3) is 10.9 Å². The second-order valence-electron chi connectivity index (χ2n) is 5.61. The quantitative estimate of drug-likeness (QED) is 0.875. The largest absolute Gasteiger partial charge is 0.350 e. The maximum absolute atomic E-state index is 13.3. The summed E-state index contributed by atoms with van der Waals surface area (Å²) in [6.45, 7) is 5.52. The van der Waals surface area contributed by atoms with Gasteiger partial charge in [-0.15, -0.1) is 0 Å². The number of halogens is 1. The number of aromatic nitrogens is 1. The summed E-state index contributed by atoms with van der Waals surface area (Å²) in [5.74, 6) is -0.399. The van der Waals surface area contributed by atoms with Crippen LogP contribution in [0.1, 0.15) is 23.0 Å². The maximum atomic E-state index is 13.3. The Morgan fingerprint density at radius 3 is 2.41 bits per heavy atom. The maximum Gasteiger partial charge on any atom is 0.270 e. The van der Waals surface area contributed by atoms with Crippen LogP contribution in [0, 0.1) is 12.7 Å². The van der Waals surface area contributed by atoms with E-state index >= 15 is 0 Å². The van der Waals surface area contributed by atoms with Crippen LogP contribution >= 0.6 is 0 Å². The van der Waals surface area contributed by atoms with Crippen LogP contribution in [0.3, 0.4) is 0 Å². The molecule has 0 radical (unpaired) electrons. The van der Waals surface area contributed by atoms with Crippen molar-refractivity contribution in [3.05, 3.63) is 35.3 Å². The summed E-state index contributed by atoms with van der Waals surface area (Å²) in [4.78, 5) is 30.5. The molecular weight excluding hydrogens is 285 g/mol. The van der Waals surface area contributed by atoms with E-state index in [9.17, 15) is 14.0 Å². The van der Waals surface area contributed by atoms with Gasteiger partial charge >= 0.3 is 0 Å². The van der Waals surface area contributed by atoms with Crippen LogP contribution in [0.15, 0.2) is 18.2 Å². The molecule has 1 aliphatic heterocycles. The number of H-pyrrole nitrogens is 1. The van der Waals surface area contributed by atoms with Gasteiger partial charge in [0.15, 0.2) is 0 Å². The molecule has 2 heterocycles. The number of nitrogens with one attached hydrogen (secondary N) is 1. The van der Waals surface area contributed by atoms with Gasteiger partial charge in [-0.2, -0.15) is 0 Å². The first-order chi connectivity index (χ1) is 10.5. The Kier molecular flexibility index (Phi) is 3.60. The van der Waals surface area contributed by atoms with E-state index in [0.717, 1.165) is 10.9 Å². The molecule has 0 bridgehead atoms. The monoisotopic (exact) mass is 303 g/mol. The Morgan fingerprint density at radius 2 is 1.77 bits per heavy atom. The standard InChI is InChI=1S/C16H18FN3O2/c1-10-13-4-3-12(17)9-14(13)18-15(10)16(22)20-7-5-19(6-8-20)11(2)21/h3-4,9,18H,5-8H2,1-2H3. The molecule has 0 aliphatic carbocycles.